The van der Waals surface area contributed by atoms with Crippen LogP contribution in [0.5, 0.6) is 0 Å². The minimum Gasteiger partial charge on any atom is -0.465 e. The van der Waals surface area contributed by atoms with E-state index in [0.717, 1.165) is 32.1 Å². The molecule has 0 atom stereocenters. The minimum atomic E-state index is -3.66. The maximum absolute atomic E-state index is 12.4. The van der Waals surface area contributed by atoms with Crippen molar-refractivity contribution >= 4 is 27.6 Å². The smallest absolute Gasteiger partial charge is 0.339 e. The molecule has 0 radical (unpaired) electrons. The molecule has 116 valence electrons. The van der Waals surface area contributed by atoms with Crippen LogP contribution in [0.1, 0.15) is 42.5 Å². The zero-order chi connectivity index (χ0) is 15.5. The molecular weight excluding hydrogens is 314 g/mol. The van der Waals surface area contributed by atoms with Gasteiger partial charge in [0.1, 0.15) is 0 Å². The Kier molecular flexibility index (Phi) is 5.24. The third-order valence-corrected chi connectivity index (χ3v) is 5.43. The molecule has 1 aliphatic carbocycles. The summed E-state index contributed by atoms with van der Waals surface area (Å²) >= 11 is 5.90. The van der Waals surface area contributed by atoms with Gasteiger partial charge in [-0.1, -0.05) is 30.9 Å². The first kappa shape index (κ1) is 16.3. The Morgan fingerprint density at radius 2 is 1.95 bits per heavy atom. The molecule has 0 heterocycles. The average Bonchev–Trinajstić information content (AvgIpc) is 2.47. The molecule has 5 nitrogen and oxygen atoms in total. The van der Waals surface area contributed by atoms with Crippen molar-refractivity contribution in [3.8, 4) is 0 Å². The highest BCUT2D eigenvalue weighted by molar-refractivity contribution is 7.89. The molecule has 1 aromatic carbocycles. The minimum absolute atomic E-state index is 0.0258. The van der Waals surface area contributed by atoms with E-state index in [9.17, 15) is 13.2 Å². The Labute approximate surface area is 129 Å². The van der Waals surface area contributed by atoms with Gasteiger partial charge in [0.15, 0.2) is 0 Å². The maximum atomic E-state index is 12.4. The zero-order valence-corrected chi connectivity index (χ0v) is 13.3. The summed E-state index contributed by atoms with van der Waals surface area (Å²) < 4.78 is 32.0. The van der Waals surface area contributed by atoms with Crippen molar-refractivity contribution in [2.75, 3.05) is 7.11 Å². The summed E-state index contributed by atoms with van der Waals surface area (Å²) in [5.74, 6) is -0.658. The summed E-state index contributed by atoms with van der Waals surface area (Å²) in [5.41, 5.74) is 0.0469. The predicted octanol–water partition coefficient (Wildman–Crippen LogP) is 2.74. The van der Waals surface area contributed by atoms with Crippen molar-refractivity contribution in [1.29, 1.82) is 0 Å². The van der Waals surface area contributed by atoms with Gasteiger partial charge in [0, 0.05) is 6.04 Å². The number of ether oxygens (including phenoxy) is 1. The van der Waals surface area contributed by atoms with Crippen LogP contribution in [-0.2, 0) is 14.8 Å². The maximum Gasteiger partial charge on any atom is 0.339 e. The quantitative estimate of drug-likeness (QED) is 0.861. The normalized spacial score (nSPS) is 16.7. The number of carbonyl (C=O) groups excluding carboxylic acids is 1. The lowest BCUT2D eigenvalue weighted by atomic mass is 9.96. The van der Waals surface area contributed by atoms with Crippen molar-refractivity contribution in [2.45, 2.75) is 43.0 Å². The third kappa shape index (κ3) is 3.96. The summed E-state index contributed by atoms with van der Waals surface area (Å²) in [7, 11) is -2.43. The molecular formula is C14H18ClNO4S. The monoisotopic (exact) mass is 331 g/mol. The van der Waals surface area contributed by atoms with Gasteiger partial charge in [-0.15, -0.1) is 0 Å². The molecule has 1 N–H and O–H groups in total. The van der Waals surface area contributed by atoms with Gasteiger partial charge >= 0.3 is 5.97 Å². The van der Waals surface area contributed by atoms with Crippen molar-refractivity contribution in [1.82, 2.24) is 4.72 Å². The first-order chi connectivity index (χ1) is 9.94. The van der Waals surface area contributed by atoms with E-state index in [1.807, 2.05) is 0 Å². The van der Waals surface area contributed by atoms with Gasteiger partial charge in [-0.05, 0) is 31.0 Å². The SMILES string of the molecule is COC(=O)c1cc(S(=O)(=O)NC2CCCCC2)ccc1Cl. The van der Waals surface area contributed by atoms with Crippen LogP contribution >= 0.6 is 11.6 Å². The van der Waals surface area contributed by atoms with Crippen LogP contribution in [0.3, 0.4) is 0 Å². The molecule has 1 fully saturated rings. The van der Waals surface area contributed by atoms with E-state index in [0.29, 0.717) is 0 Å². The largest absolute Gasteiger partial charge is 0.465 e. The highest BCUT2D eigenvalue weighted by atomic mass is 35.5. The molecule has 1 saturated carbocycles. The third-order valence-electron chi connectivity index (χ3n) is 3.58. The van der Waals surface area contributed by atoms with E-state index >= 15 is 0 Å². The van der Waals surface area contributed by atoms with Gasteiger partial charge in [0.2, 0.25) is 10.0 Å². The van der Waals surface area contributed by atoms with Gasteiger partial charge in [-0.3, -0.25) is 0 Å². The number of nitrogens with one attached hydrogen (secondary N) is 1. The molecule has 7 heteroatoms. The van der Waals surface area contributed by atoms with Gasteiger partial charge < -0.3 is 4.74 Å². The number of halogens is 1. The Morgan fingerprint density at radius 3 is 2.57 bits per heavy atom. The molecule has 0 amide bonds. The van der Waals surface area contributed by atoms with E-state index in [-0.39, 0.29) is 21.5 Å². The first-order valence-electron chi connectivity index (χ1n) is 6.84. The second kappa shape index (κ2) is 6.77. The van der Waals surface area contributed by atoms with E-state index in [1.54, 1.807) is 0 Å². The van der Waals surface area contributed by atoms with E-state index in [4.69, 9.17) is 11.6 Å². The number of esters is 1. The Hall–Kier alpha value is -1.11. The highest BCUT2D eigenvalue weighted by Gasteiger charge is 2.23. The molecule has 0 spiro atoms. The number of rotatable bonds is 4. The summed E-state index contributed by atoms with van der Waals surface area (Å²) in [6, 6.07) is 3.99. The molecule has 0 bridgehead atoms. The van der Waals surface area contributed by atoms with Crippen LogP contribution < -0.4 is 4.72 Å². The highest BCUT2D eigenvalue weighted by Crippen LogP contribution is 2.23. The first-order valence-corrected chi connectivity index (χ1v) is 8.70. The van der Waals surface area contributed by atoms with Crippen LogP contribution in [0, 0.1) is 0 Å². The number of carbonyl (C=O) groups is 1. The molecule has 0 aromatic heterocycles. The Balaban J connectivity index is 2.25. The lowest BCUT2D eigenvalue weighted by molar-refractivity contribution is 0.0600. The molecule has 0 saturated heterocycles. The molecule has 1 aromatic rings. The second-order valence-corrected chi connectivity index (χ2v) is 7.21. The molecule has 0 aliphatic heterocycles. The van der Waals surface area contributed by atoms with Crippen molar-refractivity contribution in [3.63, 3.8) is 0 Å². The fourth-order valence-electron chi connectivity index (χ4n) is 2.45. The van der Waals surface area contributed by atoms with Gasteiger partial charge in [0.05, 0.1) is 22.6 Å². The zero-order valence-electron chi connectivity index (χ0n) is 11.8. The summed E-state index contributed by atoms with van der Waals surface area (Å²) in [6.45, 7) is 0. The fraction of sp³-hybridized carbons (Fsp3) is 0.500. The number of hydrogen-bond donors (Lipinski definition) is 1. The number of benzene rings is 1. The molecule has 21 heavy (non-hydrogen) atoms. The van der Waals surface area contributed by atoms with Crippen molar-refractivity contribution in [2.24, 2.45) is 0 Å². The van der Waals surface area contributed by atoms with E-state index in [1.165, 1.54) is 25.3 Å². The lowest BCUT2D eigenvalue weighted by Gasteiger charge is -2.22. The van der Waals surface area contributed by atoms with Crippen LogP contribution in [0.15, 0.2) is 23.1 Å². The van der Waals surface area contributed by atoms with Crippen LogP contribution in [-0.4, -0.2) is 27.5 Å². The number of hydrogen-bond acceptors (Lipinski definition) is 4. The predicted molar refractivity (Wildman–Crippen MR) is 80.0 cm³/mol. The van der Waals surface area contributed by atoms with Gasteiger partial charge in [-0.2, -0.15) is 0 Å². The standard InChI is InChI=1S/C14H18ClNO4S/c1-20-14(17)12-9-11(7-8-13(12)15)21(18,19)16-10-5-3-2-4-6-10/h7-10,16H,2-6H2,1H3. The number of sulfonamides is 1. The van der Waals surface area contributed by atoms with Crippen molar-refractivity contribution in [3.05, 3.63) is 28.8 Å². The van der Waals surface area contributed by atoms with Crippen molar-refractivity contribution < 1.29 is 17.9 Å². The van der Waals surface area contributed by atoms with Crippen LogP contribution in [0.4, 0.5) is 0 Å². The Bertz CT molecular complexity index is 624. The molecule has 1 aliphatic rings. The Morgan fingerprint density at radius 1 is 1.29 bits per heavy atom. The summed E-state index contributed by atoms with van der Waals surface area (Å²) in [4.78, 5) is 11.6. The summed E-state index contributed by atoms with van der Waals surface area (Å²) in [5, 5.41) is 0.165. The topological polar surface area (TPSA) is 72.5 Å². The molecule has 0 unspecified atom stereocenters. The second-order valence-electron chi connectivity index (χ2n) is 5.09. The van der Waals surface area contributed by atoms with Crippen LogP contribution in [0.2, 0.25) is 5.02 Å². The van der Waals surface area contributed by atoms with E-state index < -0.39 is 16.0 Å². The average molecular weight is 332 g/mol. The van der Waals surface area contributed by atoms with Gasteiger partial charge in [-0.25, -0.2) is 17.9 Å². The van der Waals surface area contributed by atoms with Gasteiger partial charge in [0.25, 0.3) is 0 Å². The number of methoxy groups -OCH3 is 1. The van der Waals surface area contributed by atoms with Crippen LogP contribution in [0.25, 0.3) is 0 Å². The van der Waals surface area contributed by atoms with E-state index in [2.05, 4.69) is 9.46 Å². The molecule has 2 rings (SSSR count). The summed E-state index contributed by atoms with van der Waals surface area (Å²) in [6.07, 6.45) is 4.89. The lowest BCUT2D eigenvalue weighted by Crippen LogP contribution is -2.36. The fourth-order valence-corrected chi connectivity index (χ4v) is 3.97.